The van der Waals surface area contributed by atoms with E-state index in [-0.39, 0.29) is 6.61 Å². The molecule has 0 unspecified atom stereocenters. The van der Waals surface area contributed by atoms with Gasteiger partial charge in [-0.15, -0.1) is 6.42 Å². The standard InChI is InChI=1S/C21H21BrN2OS/c1-2-14-25-20-9-8-18(22)15-19(20)21(26)24-12-10-23(11-13-24)16-17-6-4-3-5-7-17/h1,3-9,15H,10-14,16H2. The maximum atomic E-state index is 5.76. The highest BCUT2D eigenvalue weighted by molar-refractivity contribution is 9.10. The van der Waals surface area contributed by atoms with Crippen LogP contribution in [0.1, 0.15) is 11.1 Å². The van der Waals surface area contributed by atoms with Crippen LogP contribution in [-0.4, -0.2) is 47.6 Å². The molecule has 0 aliphatic carbocycles. The average Bonchev–Trinajstić information content (AvgIpc) is 2.68. The summed E-state index contributed by atoms with van der Waals surface area (Å²) in [7, 11) is 0. The summed E-state index contributed by atoms with van der Waals surface area (Å²) in [5.74, 6) is 3.25. The molecule has 1 aliphatic heterocycles. The zero-order chi connectivity index (χ0) is 18.4. The van der Waals surface area contributed by atoms with Crippen LogP contribution in [0.2, 0.25) is 0 Å². The molecule has 0 N–H and O–H groups in total. The van der Waals surface area contributed by atoms with E-state index in [4.69, 9.17) is 23.4 Å². The Bertz CT molecular complexity index is 795. The van der Waals surface area contributed by atoms with Crippen molar-refractivity contribution in [3.8, 4) is 18.1 Å². The van der Waals surface area contributed by atoms with E-state index in [9.17, 15) is 0 Å². The fourth-order valence-electron chi connectivity index (χ4n) is 3.04. The Morgan fingerprint density at radius 2 is 1.85 bits per heavy atom. The number of thiocarbonyl (C=S) groups is 1. The van der Waals surface area contributed by atoms with E-state index in [0.29, 0.717) is 0 Å². The Morgan fingerprint density at radius 1 is 1.12 bits per heavy atom. The largest absolute Gasteiger partial charge is 0.480 e. The van der Waals surface area contributed by atoms with Gasteiger partial charge < -0.3 is 9.64 Å². The van der Waals surface area contributed by atoms with E-state index in [1.807, 2.05) is 18.2 Å². The molecule has 26 heavy (non-hydrogen) atoms. The number of terminal acetylenes is 1. The Balaban J connectivity index is 1.63. The Labute approximate surface area is 169 Å². The van der Waals surface area contributed by atoms with Crippen LogP contribution < -0.4 is 4.74 Å². The molecule has 2 aromatic carbocycles. The number of hydrogen-bond acceptors (Lipinski definition) is 3. The molecule has 0 radical (unpaired) electrons. The first-order chi connectivity index (χ1) is 12.7. The molecular formula is C21H21BrN2OS. The van der Waals surface area contributed by atoms with E-state index >= 15 is 0 Å². The van der Waals surface area contributed by atoms with Crippen molar-refractivity contribution in [1.29, 1.82) is 0 Å². The molecule has 0 aromatic heterocycles. The maximum absolute atomic E-state index is 5.76. The molecule has 3 nitrogen and oxygen atoms in total. The Hall–Kier alpha value is -1.87. The minimum Gasteiger partial charge on any atom is -0.480 e. The lowest BCUT2D eigenvalue weighted by molar-refractivity contribution is 0.177. The first-order valence-corrected chi connectivity index (χ1v) is 9.79. The molecule has 5 heteroatoms. The highest BCUT2D eigenvalue weighted by Crippen LogP contribution is 2.26. The van der Waals surface area contributed by atoms with Gasteiger partial charge in [0, 0.05) is 37.2 Å². The van der Waals surface area contributed by atoms with Crippen LogP contribution in [0.25, 0.3) is 0 Å². The molecular weight excluding hydrogens is 408 g/mol. The molecule has 0 saturated carbocycles. The molecule has 1 saturated heterocycles. The summed E-state index contributed by atoms with van der Waals surface area (Å²) in [5.41, 5.74) is 2.27. The number of rotatable bonds is 5. The fourth-order valence-corrected chi connectivity index (χ4v) is 3.74. The van der Waals surface area contributed by atoms with Crippen molar-refractivity contribution < 1.29 is 4.74 Å². The number of hydrogen-bond donors (Lipinski definition) is 0. The lowest BCUT2D eigenvalue weighted by atomic mass is 10.1. The van der Waals surface area contributed by atoms with Crippen molar-refractivity contribution in [3.63, 3.8) is 0 Å². The SMILES string of the molecule is C#CCOc1ccc(Br)cc1C(=S)N1CCN(Cc2ccccc2)CC1. The molecule has 134 valence electrons. The number of ether oxygens (including phenoxy) is 1. The molecule has 1 heterocycles. The van der Waals surface area contributed by atoms with Gasteiger partial charge in [-0.25, -0.2) is 0 Å². The second-order valence-electron chi connectivity index (χ2n) is 6.19. The zero-order valence-electron chi connectivity index (χ0n) is 14.5. The fraction of sp³-hybridized carbons (Fsp3) is 0.286. The summed E-state index contributed by atoms with van der Waals surface area (Å²) < 4.78 is 6.65. The lowest BCUT2D eigenvalue weighted by Gasteiger charge is -2.36. The van der Waals surface area contributed by atoms with E-state index in [0.717, 1.165) is 53.5 Å². The van der Waals surface area contributed by atoms with Crippen LogP contribution >= 0.6 is 28.1 Å². The molecule has 0 spiro atoms. The quantitative estimate of drug-likeness (QED) is 0.528. The summed E-state index contributed by atoms with van der Waals surface area (Å²) >= 11 is 9.28. The van der Waals surface area contributed by atoms with Crippen molar-refractivity contribution in [1.82, 2.24) is 9.80 Å². The molecule has 0 bridgehead atoms. The molecule has 0 atom stereocenters. The summed E-state index contributed by atoms with van der Waals surface area (Å²) in [6.07, 6.45) is 5.32. The second-order valence-corrected chi connectivity index (χ2v) is 7.49. The van der Waals surface area contributed by atoms with Gasteiger partial charge in [0.05, 0.1) is 5.56 Å². The Morgan fingerprint density at radius 3 is 2.54 bits per heavy atom. The smallest absolute Gasteiger partial charge is 0.148 e. The van der Waals surface area contributed by atoms with Crippen LogP contribution in [0, 0.1) is 12.3 Å². The van der Waals surface area contributed by atoms with Crippen molar-refractivity contribution >= 4 is 33.1 Å². The molecule has 2 aromatic rings. The van der Waals surface area contributed by atoms with Crippen LogP contribution in [0.4, 0.5) is 0 Å². The number of benzene rings is 2. The van der Waals surface area contributed by atoms with Crippen LogP contribution in [0.3, 0.4) is 0 Å². The number of nitrogens with zero attached hydrogens (tertiary/aromatic N) is 2. The normalized spacial score (nSPS) is 14.7. The number of halogens is 1. The second kappa shape index (κ2) is 9.18. The summed E-state index contributed by atoms with van der Waals surface area (Å²) in [6, 6.07) is 16.4. The molecule has 3 rings (SSSR count). The topological polar surface area (TPSA) is 15.7 Å². The lowest BCUT2D eigenvalue weighted by Crippen LogP contribution is -2.48. The van der Waals surface area contributed by atoms with Gasteiger partial charge in [-0.1, -0.05) is 64.4 Å². The van der Waals surface area contributed by atoms with Gasteiger partial charge >= 0.3 is 0 Å². The third-order valence-corrected chi connectivity index (χ3v) is 5.36. The highest BCUT2D eigenvalue weighted by Gasteiger charge is 2.22. The predicted octanol–water partition coefficient (Wildman–Crippen LogP) is 3.95. The van der Waals surface area contributed by atoms with E-state index < -0.39 is 0 Å². The predicted molar refractivity (Wildman–Crippen MR) is 113 cm³/mol. The molecule has 1 fully saturated rings. The van der Waals surface area contributed by atoms with Gasteiger partial charge in [-0.2, -0.15) is 0 Å². The van der Waals surface area contributed by atoms with Crippen molar-refractivity contribution in [2.45, 2.75) is 6.54 Å². The van der Waals surface area contributed by atoms with Crippen LogP contribution in [0.5, 0.6) is 5.75 Å². The molecule has 1 aliphatic rings. The van der Waals surface area contributed by atoms with Crippen molar-refractivity contribution in [2.75, 3.05) is 32.8 Å². The van der Waals surface area contributed by atoms with Gasteiger partial charge in [0.15, 0.2) is 0 Å². The average molecular weight is 429 g/mol. The third kappa shape index (κ3) is 4.85. The monoisotopic (exact) mass is 428 g/mol. The first-order valence-electron chi connectivity index (χ1n) is 8.59. The van der Waals surface area contributed by atoms with Gasteiger partial charge in [0.1, 0.15) is 17.3 Å². The minimum absolute atomic E-state index is 0.238. The Kier molecular flexibility index (Phi) is 6.67. The minimum atomic E-state index is 0.238. The first kappa shape index (κ1) is 18.9. The van der Waals surface area contributed by atoms with E-state index in [2.05, 4.69) is 62.0 Å². The van der Waals surface area contributed by atoms with Gasteiger partial charge in [-0.05, 0) is 23.8 Å². The van der Waals surface area contributed by atoms with Crippen molar-refractivity contribution in [2.24, 2.45) is 0 Å². The van der Waals surface area contributed by atoms with E-state index in [1.165, 1.54) is 5.56 Å². The van der Waals surface area contributed by atoms with Crippen LogP contribution in [-0.2, 0) is 6.54 Å². The summed E-state index contributed by atoms with van der Waals surface area (Å²) in [5, 5.41) is 0. The highest BCUT2D eigenvalue weighted by atomic mass is 79.9. The van der Waals surface area contributed by atoms with Gasteiger partial charge in [0.2, 0.25) is 0 Å². The number of piperazine rings is 1. The summed E-state index contributed by atoms with van der Waals surface area (Å²) in [6.45, 7) is 5.02. The van der Waals surface area contributed by atoms with Gasteiger partial charge in [-0.3, -0.25) is 4.90 Å². The summed E-state index contributed by atoms with van der Waals surface area (Å²) in [4.78, 5) is 5.53. The maximum Gasteiger partial charge on any atom is 0.148 e. The van der Waals surface area contributed by atoms with Gasteiger partial charge in [0.25, 0.3) is 0 Å². The zero-order valence-corrected chi connectivity index (χ0v) is 16.9. The third-order valence-electron chi connectivity index (χ3n) is 4.39. The van der Waals surface area contributed by atoms with E-state index in [1.54, 1.807) is 0 Å². The molecule has 0 amide bonds. The van der Waals surface area contributed by atoms with Crippen molar-refractivity contribution in [3.05, 3.63) is 64.1 Å². The van der Waals surface area contributed by atoms with Crippen LogP contribution in [0.15, 0.2) is 53.0 Å².